The molecule has 3 rings (SSSR count). The first-order chi connectivity index (χ1) is 12.5. The molecule has 1 atom stereocenters. The van der Waals surface area contributed by atoms with Crippen LogP contribution >= 0.6 is 0 Å². The highest BCUT2D eigenvalue weighted by atomic mass is 19.4. The largest absolute Gasteiger partial charge is 0.573 e. The van der Waals surface area contributed by atoms with E-state index in [0.717, 1.165) is 43.1 Å². The first-order valence-electron chi connectivity index (χ1n) is 8.41. The predicted molar refractivity (Wildman–Crippen MR) is 92.4 cm³/mol. The zero-order valence-electron chi connectivity index (χ0n) is 14.4. The molecule has 1 N–H and O–H groups in total. The van der Waals surface area contributed by atoms with Gasteiger partial charge in [0, 0.05) is 26.2 Å². The fourth-order valence-electron chi connectivity index (χ4n) is 3.22. The summed E-state index contributed by atoms with van der Waals surface area (Å²) in [6, 6.07) is 13.8. The highest BCUT2D eigenvalue weighted by Crippen LogP contribution is 2.32. The molecular weight excluding hydrogens is 345 g/mol. The highest BCUT2D eigenvalue weighted by molar-refractivity contribution is 5.39. The highest BCUT2D eigenvalue weighted by Gasteiger charge is 2.31. The Kier molecular flexibility index (Phi) is 5.68. The van der Waals surface area contributed by atoms with E-state index in [-0.39, 0.29) is 11.8 Å². The van der Waals surface area contributed by atoms with Gasteiger partial charge in [0.05, 0.1) is 13.2 Å². The van der Waals surface area contributed by atoms with Gasteiger partial charge in [0.1, 0.15) is 11.5 Å². The predicted octanol–water partition coefficient (Wildman–Crippen LogP) is 3.59. The molecule has 0 amide bonds. The van der Waals surface area contributed by atoms with Gasteiger partial charge in [0.2, 0.25) is 0 Å². The Labute approximate surface area is 150 Å². The molecule has 2 aromatic carbocycles. The van der Waals surface area contributed by atoms with Gasteiger partial charge in [-0.2, -0.15) is 0 Å². The second kappa shape index (κ2) is 7.97. The standard InChI is InChI=1S/C19H21F3N2O2/c1-25-17-4-2-3-15(13-17)18(24-11-9-23-10-12-24)14-5-7-16(8-6-14)26-19(20,21)22/h2-8,13,18,23H,9-12H2,1H3/t18-/m0/s1. The van der Waals surface area contributed by atoms with Crippen LogP contribution in [0, 0.1) is 0 Å². The number of nitrogens with zero attached hydrogens (tertiary/aromatic N) is 1. The molecule has 1 saturated heterocycles. The van der Waals surface area contributed by atoms with Crippen molar-refractivity contribution in [1.29, 1.82) is 0 Å². The van der Waals surface area contributed by atoms with Crippen molar-refractivity contribution >= 4 is 0 Å². The minimum atomic E-state index is -4.69. The van der Waals surface area contributed by atoms with Crippen molar-refractivity contribution < 1.29 is 22.6 Å². The Hall–Kier alpha value is -2.25. The normalized spacial score (nSPS) is 16.9. The van der Waals surface area contributed by atoms with Crippen molar-refractivity contribution in [2.24, 2.45) is 0 Å². The van der Waals surface area contributed by atoms with E-state index in [0.29, 0.717) is 0 Å². The van der Waals surface area contributed by atoms with Crippen molar-refractivity contribution in [3.05, 3.63) is 59.7 Å². The van der Waals surface area contributed by atoms with Gasteiger partial charge in [-0.3, -0.25) is 4.90 Å². The first kappa shape index (κ1) is 18.5. The molecule has 2 aromatic rings. The molecular formula is C19H21F3N2O2. The van der Waals surface area contributed by atoms with Gasteiger partial charge >= 0.3 is 6.36 Å². The van der Waals surface area contributed by atoms with Crippen LogP contribution in [-0.4, -0.2) is 44.6 Å². The van der Waals surface area contributed by atoms with E-state index >= 15 is 0 Å². The molecule has 4 nitrogen and oxygen atoms in total. The lowest BCUT2D eigenvalue weighted by atomic mass is 9.96. The van der Waals surface area contributed by atoms with Crippen molar-refractivity contribution in [1.82, 2.24) is 10.2 Å². The quantitative estimate of drug-likeness (QED) is 0.877. The Bertz CT molecular complexity index is 713. The summed E-state index contributed by atoms with van der Waals surface area (Å²) in [5, 5.41) is 3.32. The number of benzene rings is 2. The number of ether oxygens (including phenoxy) is 2. The molecule has 0 aliphatic carbocycles. The van der Waals surface area contributed by atoms with Gasteiger partial charge in [0.25, 0.3) is 0 Å². The first-order valence-corrected chi connectivity index (χ1v) is 8.41. The van der Waals surface area contributed by atoms with Crippen molar-refractivity contribution in [2.75, 3.05) is 33.3 Å². The van der Waals surface area contributed by atoms with E-state index in [9.17, 15) is 13.2 Å². The lowest BCUT2D eigenvalue weighted by molar-refractivity contribution is -0.274. The van der Waals surface area contributed by atoms with E-state index in [1.54, 1.807) is 19.2 Å². The Morgan fingerprint density at radius 1 is 0.962 bits per heavy atom. The molecule has 1 aliphatic heterocycles. The average Bonchev–Trinajstić information content (AvgIpc) is 2.63. The number of nitrogens with one attached hydrogen (secondary N) is 1. The number of methoxy groups -OCH3 is 1. The Balaban J connectivity index is 1.92. The van der Waals surface area contributed by atoms with Gasteiger partial charge in [-0.15, -0.1) is 13.2 Å². The van der Waals surface area contributed by atoms with E-state index in [1.165, 1.54) is 12.1 Å². The second-order valence-corrected chi connectivity index (χ2v) is 6.08. The van der Waals surface area contributed by atoms with E-state index in [4.69, 9.17) is 4.74 Å². The van der Waals surface area contributed by atoms with Gasteiger partial charge < -0.3 is 14.8 Å². The van der Waals surface area contributed by atoms with Gasteiger partial charge in [-0.1, -0.05) is 24.3 Å². The van der Waals surface area contributed by atoms with Gasteiger partial charge in [-0.25, -0.2) is 0 Å². The molecule has 140 valence electrons. The van der Waals surface area contributed by atoms with Crippen LogP contribution in [0.3, 0.4) is 0 Å². The minimum absolute atomic E-state index is 0.0628. The van der Waals surface area contributed by atoms with Gasteiger partial charge in [-0.05, 0) is 35.4 Å². The summed E-state index contributed by atoms with van der Waals surface area (Å²) < 4.78 is 46.5. The lowest BCUT2D eigenvalue weighted by Gasteiger charge is -2.35. The summed E-state index contributed by atoms with van der Waals surface area (Å²) in [6.07, 6.45) is -4.69. The van der Waals surface area contributed by atoms with Crippen molar-refractivity contribution in [3.8, 4) is 11.5 Å². The molecule has 0 saturated carbocycles. The molecule has 26 heavy (non-hydrogen) atoms. The third-order valence-corrected chi connectivity index (χ3v) is 4.36. The lowest BCUT2D eigenvalue weighted by Crippen LogP contribution is -2.45. The van der Waals surface area contributed by atoms with Crippen LogP contribution in [0.25, 0.3) is 0 Å². The van der Waals surface area contributed by atoms with Crippen LogP contribution < -0.4 is 14.8 Å². The zero-order valence-corrected chi connectivity index (χ0v) is 14.4. The minimum Gasteiger partial charge on any atom is -0.497 e. The number of hydrogen-bond acceptors (Lipinski definition) is 4. The fraction of sp³-hybridized carbons (Fsp3) is 0.368. The average molecular weight is 366 g/mol. The molecule has 0 bridgehead atoms. The topological polar surface area (TPSA) is 33.7 Å². The maximum Gasteiger partial charge on any atom is 0.573 e. The molecule has 0 radical (unpaired) electrons. The van der Waals surface area contributed by atoms with Crippen LogP contribution in [0.5, 0.6) is 11.5 Å². The summed E-state index contributed by atoms with van der Waals surface area (Å²) in [7, 11) is 1.61. The summed E-state index contributed by atoms with van der Waals surface area (Å²) in [5.74, 6) is 0.533. The van der Waals surface area contributed by atoms with Crippen LogP contribution in [0.15, 0.2) is 48.5 Å². The molecule has 7 heteroatoms. The molecule has 0 unspecified atom stereocenters. The number of piperazine rings is 1. The summed E-state index contributed by atoms with van der Waals surface area (Å²) in [4.78, 5) is 2.31. The van der Waals surface area contributed by atoms with E-state index < -0.39 is 6.36 Å². The molecule has 1 heterocycles. The second-order valence-electron chi connectivity index (χ2n) is 6.08. The maximum absolute atomic E-state index is 12.4. The summed E-state index contributed by atoms with van der Waals surface area (Å²) in [6.45, 7) is 3.44. The fourth-order valence-corrected chi connectivity index (χ4v) is 3.22. The Morgan fingerprint density at radius 3 is 2.27 bits per heavy atom. The van der Waals surface area contributed by atoms with Crippen molar-refractivity contribution in [2.45, 2.75) is 12.4 Å². The van der Waals surface area contributed by atoms with Crippen molar-refractivity contribution in [3.63, 3.8) is 0 Å². The van der Waals surface area contributed by atoms with Gasteiger partial charge in [0.15, 0.2) is 0 Å². The van der Waals surface area contributed by atoms with E-state index in [1.807, 2.05) is 24.3 Å². The zero-order chi connectivity index (χ0) is 18.6. The molecule has 0 spiro atoms. The third kappa shape index (κ3) is 4.68. The SMILES string of the molecule is COc1cccc([C@H](c2ccc(OC(F)(F)F)cc2)N2CCNCC2)c1. The maximum atomic E-state index is 12.4. The van der Waals surface area contributed by atoms with Crippen LogP contribution in [0.4, 0.5) is 13.2 Å². The summed E-state index contributed by atoms with van der Waals surface area (Å²) in [5.41, 5.74) is 1.95. The number of halogens is 3. The molecule has 0 aromatic heterocycles. The van der Waals surface area contributed by atoms with Crippen LogP contribution in [0.1, 0.15) is 17.2 Å². The van der Waals surface area contributed by atoms with Crippen LogP contribution in [-0.2, 0) is 0 Å². The van der Waals surface area contributed by atoms with Crippen LogP contribution in [0.2, 0.25) is 0 Å². The monoisotopic (exact) mass is 366 g/mol. The number of hydrogen-bond donors (Lipinski definition) is 1. The number of alkyl halides is 3. The molecule has 1 aliphatic rings. The smallest absolute Gasteiger partial charge is 0.497 e. The number of rotatable bonds is 5. The third-order valence-electron chi connectivity index (χ3n) is 4.36. The summed E-state index contributed by atoms with van der Waals surface area (Å²) >= 11 is 0. The molecule has 1 fully saturated rings. The Morgan fingerprint density at radius 2 is 1.65 bits per heavy atom. The van der Waals surface area contributed by atoms with E-state index in [2.05, 4.69) is 15.0 Å².